The van der Waals surface area contributed by atoms with Gasteiger partial charge in [0, 0.05) is 12.0 Å². The summed E-state index contributed by atoms with van der Waals surface area (Å²) < 4.78 is 0. The van der Waals surface area contributed by atoms with Gasteiger partial charge in [0.25, 0.3) is 5.91 Å². The van der Waals surface area contributed by atoms with Crippen LogP contribution in [0.25, 0.3) is 0 Å². The van der Waals surface area contributed by atoms with E-state index in [0.29, 0.717) is 0 Å². The van der Waals surface area contributed by atoms with Gasteiger partial charge in [0.1, 0.15) is 6.04 Å². The minimum absolute atomic E-state index is 0.276. The first kappa shape index (κ1) is 13.5. The number of nitrogens with one attached hydrogen (secondary N) is 1. The van der Waals surface area contributed by atoms with Crippen molar-refractivity contribution in [1.82, 2.24) is 5.32 Å². The van der Waals surface area contributed by atoms with Crippen LogP contribution in [0.2, 0.25) is 0 Å². The Balaban J connectivity index is 2.04. The number of primary amides is 1. The maximum Gasteiger partial charge on any atom is 0.319 e. The molecule has 1 aromatic rings. The largest absolute Gasteiger partial charge is 0.351 e. The average Bonchev–Trinajstić information content (AvgIpc) is 2.38. The molecule has 0 aliphatic heterocycles. The fourth-order valence-electron chi connectivity index (χ4n) is 2.66. The third-order valence-electron chi connectivity index (χ3n) is 3.60. The van der Waals surface area contributed by atoms with E-state index in [1.54, 1.807) is 6.92 Å². The predicted molar refractivity (Wildman–Crippen MR) is 71.2 cm³/mol. The Morgan fingerprint density at radius 2 is 2.16 bits per heavy atom. The second-order valence-corrected chi connectivity index (χ2v) is 5.03. The number of quaternary nitrogens is 1. The normalized spacial score (nSPS) is 19.3. The highest BCUT2D eigenvalue weighted by molar-refractivity contribution is 5.95. The summed E-state index contributed by atoms with van der Waals surface area (Å²) in [5.41, 5.74) is 7.61. The lowest BCUT2D eigenvalue weighted by Gasteiger charge is -2.25. The molecule has 5 N–H and O–H groups in total. The van der Waals surface area contributed by atoms with E-state index >= 15 is 0 Å². The lowest BCUT2D eigenvalue weighted by Crippen LogP contribution is -2.93. The molecular weight excluding hydrogens is 242 g/mol. The van der Waals surface area contributed by atoms with Gasteiger partial charge in [-0.2, -0.15) is 0 Å². The summed E-state index contributed by atoms with van der Waals surface area (Å²) in [6.45, 7) is 1.79. The molecule has 0 bridgehead atoms. The quantitative estimate of drug-likeness (QED) is 0.727. The molecule has 0 spiro atoms. The number of nitrogens with two attached hydrogens (primary N) is 2. The molecule has 0 saturated heterocycles. The van der Waals surface area contributed by atoms with E-state index in [4.69, 9.17) is 5.73 Å². The zero-order valence-electron chi connectivity index (χ0n) is 11.1. The molecule has 0 fully saturated rings. The zero-order valence-corrected chi connectivity index (χ0v) is 11.1. The van der Waals surface area contributed by atoms with Crippen LogP contribution in [0.3, 0.4) is 0 Å². The van der Waals surface area contributed by atoms with Gasteiger partial charge >= 0.3 is 6.03 Å². The lowest BCUT2D eigenvalue weighted by atomic mass is 9.87. The van der Waals surface area contributed by atoms with Crippen molar-refractivity contribution < 1.29 is 14.9 Å². The van der Waals surface area contributed by atoms with Crippen molar-refractivity contribution in [1.29, 1.82) is 0 Å². The van der Waals surface area contributed by atoms with Crippen LogP contribution < -0.4 is 16.4 Å². The number of fused-ring (bicyclic) bond motifs is 1. The van der Waals surface area contributed by atoms with Crippen LogP contribution in [0.4, 0.5) is 4.79 Å². The number of rotatable bonds is 3. The van der Waals surface area contributed by atoms with Crippen LogP contribution in [0.15, 0.2) is 24.3 Å². The Kier molecular flexibility index (Phi) is 4.16. The van der Waals surface area contributed by atoms with Crippen molar-refractivity contribution in [3.8, 4) is 0 Å². The fourth-order valence-corrected chi connectivity index (χ4v) is 2.66. The van der Waals surface area contributed by atoms with E-state index in [1.165, 1.54) is 11.1 Å². The molecule has 5 nitrogen and oxygen atoms in total. The number of aryl methyl sites for hydroxylation is 1. The van der Waals surface area contributed by atoms with Crippen LogP contribution in [0.1, 0.15) is 36.9 Å². The molecule has 2 rings (SSSR count). The molecule has 19 heavy (non-hydrogen) atoms. The van der Waals surface area contributed by atoms with E-state index in [0.717, 1.165) is 19.3 Å². The number of carbonyl (C=O) groups excluding carboxylic acids is 2. The highest BCUT2D eigenvalue weighted by Gasteiger charge is 2.27. The van der Waals surface area contributed by atoms with Gasteiger partial charge < -0.3 is 11.1 Å². The van der Waals surface area contributed by atoms with Gasteiger partial charge in [0.05, 0.1) is 0 Å². The number of benzene rings is 1. The van der Waals surface area contributed by atoms with Crippen molar-refractivity contribution in [2.45, 2.75) is 38.3 Å². The summed E-state index contributed by atoms with van der Waals surface area (Å²) in [5.74, 6) is -0.337. The monoisotopic (exact) mass is 262 g/mol. The number of imide groups is 1. The molecule has 102 valence electrons. The molecule has 1 aliphatic carbocycles. The van der Waals surface area contributed by atoms with Crippen LogP contribution in [0, 0.1) is 0 Å². The topological polar surface area (TPSA) is 88.8 Å². The SMILES string of the molecule is C[C@@H]([NH2+][C@@H]1CCCc2ccccc21)C(=O)NC(N)=O. The Bertz CT molecular complexity index is 487. The maximum atomic E-state index is 11.7. The zero-order chi connectivity index (χ0) is 13.8. The average molecular weight is 262 g/mol. The predicted octanol–water partition coefficient (Wildman–Crippen LogP) is 0.211. The summed E-state index contributed by atoms with van der Waals surface area (Å²) in [7, 11) is 0. The molecule has 5 heteroatoms. The smallest absolute Gasteiger partial charge is 0.319 e. The summed E-state index contributed by atoms with van der Waals surface area (Å²) in [5, 5.41) is 4.13. The van der Waals surface area contributed by atoms with Gasteiger partial charge in [-0.3, -0.25) is 10.1 Å². The van der Waals surface area contributed by atoms with Gasteiger partial charge in [-0.05, 0) is 25.3 Å². The van der Waals surface area contributed by atoms with Crippen LogP contribution in [0.5, 0.6) is 0 Å². The molecule has 3 amide bonds. The molecule has 1 aromatic carbocycles. The van der Waals surface area contributed by atoms with Gasteiger partial charge in [-0.25, -0.2) is 4.79 Å². The maximum absolute atomic E-state index is 11.7. The standard InChI is InChI=1S/C14H19N3O2/c1-9(13(18)17-14(15)19)16-12-8-4-6-10-5-2-3-7-11(10)12/h2-3,5,7,9,12,16H,4,6,8H2,1H3,(H3,15,17,18,19)/p+1/t9-,12-/m1/s1. The summed E-state index contributed by atoms with van der Waals surface area (Å²) in [6.07, 6.45) is 3.27. The van der Waals surface area contributed by atoms with Gasteiger partial charge in [-0.1, -0.05) is 24.3 Å². The minimum Gasteiger partial charge on any atom is -0.351 e. The Morgan fingerprint density at radius 1 is 1.42 bits per heavy atom. The Morgan fingerprint density at radius 3 is 2.89 bits per heavy atom. The van der Waals surface area contributed by atoms with E-state index in [9.17, 15) is 9.59 Å². The van der Waals surface area contributed by atoms with Gasteiger partial charge in [0.2, 0.25) is 0 Å². The second kappa shape index (κ2) is 5.84. The van der Waals surface area contributed by atoms with E-state index in [-0.39, 0.29) is 18.0 Å². The first-order chi connectivity index (χ1) is 9.08. The van der Waals surface area contributed by atoms with Gasteiger partial charge in [0.15, 0.2) is 6.04 Å². The number of hydrogen-bond acceptors (Lipinski definition) is 2. The van der Waals surface area contributed by atoms with Crippen molar-refractivity contribution >= 4 is 11.9 Å². The Hall–Kier alpha value is -1.88. The number of urea groups is 1. The molecule has 1 aliphatic rings. The van der Waals surface area contributed by atoms with Crippen LogP contribution >= 0.6 is 0 Å². The van der Waals surface area contributed by atoms with E-state index in [2.05, 4.69) is 17.4 Å². The van der Waals surface area contributed by atoms with E-state index in [1.807, 2.05) is 17.4 Å². The van der Waals surface area contributed by atoms with Crippen LogP contribution in [-0.4, -0.2) is 18.0 Å². The van der Waals surface area contributed by atoms with Crippen LogP contribution in [-0.2, 0) is 11.2 Å². The van der Waals surface area contributed by atoms with Gasteiger partial charge in [-0.15, -0.1) is 0 Å². The molecule has 0 radical (unpaired) electrons. The summed E-state index contributed by atoms with van der Waals surface area (Å²) in [6, 6.07) is 7.48. The third kappa shape index (κ3) is 3.32. The first-order valence-electron chi connectivity index (χ1n) is 6.61. The third-order valence-corrected chi connectivity index (χ3v) is 3.60. The summed E-state index contributed by atoms with van der Waals surface area (Å²) in [4.78, 5) is 22.4. The molecule has 0 saturated carbocycles. The van der Waals surface area contributed by atoms with Crippen molar-refractivity contribution in [3.05, 3.63) is 35.4 Å². The van der Waals surface area contributed by atoms with Crippen molar-refractivity contribution in [2.75, 3.05) is 0 Å². The lowest BCUT2D eigenvalue weighted by molar-refractivity contribution is -0.714. The first-order valence-corrected chi connectivity index (χ1v) is 6.61. The highest BCUT2D eigenvalue weighted by Crippen LogP contribution is 2.26. The second-order valence-electron chi connectivity index (χ2n) is 5.03. The fraction of sp³-hybridized carbons (Fsp3) is 0.429. The molecule has 0 heterocycles. The molecule has 0 aromatic heterocycles. The van der Waals surface area contributed by atoms with Crippen molar-refractivity contribution in [3.63, 3.8) is 0 Å². The van der Waals surface area contributed by atoms with Crippen molar-refractivity contribution in [2.24, 2.45) is 5.73 Å². The Labute approximate surface area is 112 Å². The minimum atomic E-state index is -0.797. The number of hydrogen-bond donors (Lipinski definition) is 3. The molecule has 0 unspecified atom stereocenters. The number of carbonyl (C=O) groups is 2. The van der Waals surface area contributed by atoms with E-state index < -0.39 is 6.03 Å². The summed E-state index contributed by atoms with van der Waals surface area (Å²) >= 11 is 0. The number of amides is 3. The highest BCUT2D eigenvalue weighted by atomic mass is 16.2. The molecule has 2 atom stereocenters. The molecular formula is C14H20N3O2+.